The molecule has 0 N–H and O–H groups in total. The largest absolute Gasteiger partial charge is 0.295 e. The summed E-state index contributed by atoms with van der Waals surface area (Å²) in [5.74, 6) is -0.921. The topological polar surface area (TPSA) is 34.1 Å². The lowest BCUT2D eigenvalue weighted by Gasteiger charge is -2.01. The summed E-state index contributed by atoms with van der Waals surface area (Å²) in [6.07, 6.45) is 0. The number of ketones is 2. The van der Waals surface area contributed by atoms with Crippen molar-refractivity contribution in [1.82, 2.24) is 0 Å². The number of halogens is 6. The SMILES string of the molecule is CC(=O)C(Cl)(Cl)Cl.CC(=O)C(Cl)(Cl)Cl. The maximum Gasteiger partial charge on any atom is 0.248 e. The molecule has 0 amide bonds. The molecule has 2 nitrogen and oxygen atoms in total. The summed E-state index contributed by atoms with van der Waals surface area (Å²) in [4.78, 5) is 20.1. The third-order valence-corrected chi connectivity index (χ3v) is 2.40. The van der Waals surface area contributed by atoms with Crippen LogP contribution < -0.4 is 0 Å². The Labute approximate surface area is 112 Å². The van der Waals surface area contributed by atoms with Crippen LogP contribution in [0, 0.1) is 0 Å². The van der Waals surface area contributed by atoms with Crippen LogP contribution in [0.25, 0.3) is 0 Å². The highest BCUT2D eigenvalue weighted by atomic mass is 35.6. The zero-order valence-electron chi connectivity index (χ0n) is 7.08. The second kappa shape index (κ2) is 6.62. The fourth-order valence-corrected chi connectivity index (χ4v) is 0. The zero-order chi connectivity index (χ0) is 12.2. The number of Topliss-reactive ketones (excluding diaryl/α,β-unsaturated/α-hetero) is 2. The van der Waals surface area contributed by atoms with Crippen LogP contribution in [-0.4, -0.2) is 19.2 Å². The molecule has 0 aliphatic carbocycles. The molecule has 0 fully saturated rings. The van der Waals surface area contributed by atoms with Crippen molar-refractivity contribution in [3.05, 3.63) is 0 Å². The van der Waals surface area contributed by atoms with Gasteiger partial charge in [-0.15, -0.1) is 0 Å². The molecule has 0 heterocycles. The Bertz CT molecular complexity index is 189. The van der Waals surface area contributed by atoms with Crippen LogP contribution in [0.2, 0.25) is 0 Å². The molecule has 0 aromatic rings. The van der Waals surface area contributed by atoms with Crippen LogP contribution >= 0.6 is 69.6 Å². The van der Waals surface area contributed by atoms with E-state index in [2.05, 4.69) is 0 Å². The molecule has 8 heteroatoms. The van der Waals surface area contributed by atoms with Gasteiger partial charge in [-0.3, -0.25) is 9.59 Å². The first-order chi connectivity index (χ1) is 5.89. The quantitative estimate of drug-likeness (QED) is 0.634. The first-order valence-electron chi connectivity index (χ1n) is 3.04. The van der Waals surface area contributed by atoms with E-state index in [4.69, 9.17) is 69.6 Å². The second-order valence-electron chi connectivity index (χ2n) is 2.11. The number of hydrogen-bond donors (Lipinski definition) is 0. The maximum atomic E-state index is 10.1. The minimum atomic E-state index is -1.72. The monoisotopic (exact) mass is 320 g/mol. The predicted molar refractivity (Wildman–Crippen MR) is 61.9 cm³/mol. The van der Waals surface area contributed by atoms with E-state index in [-0.39, 0.29) is 0 Å². The fourth-order valence-electron chi connectivity index (χ4n) is 0. The van der Waals surface area contributed by atoms with Gasteiger partial charge < -0.3 is 0 Å². The van der Waals surface area contributed by atoms with Gasteiger partial charge in [-0.2, -0.15) is 0 Å². The standard InChI is InChI=1S/2C3H3Cl3O/c2*1-2(7)3(4,5)6/h2*1H3. The molecule has 0 atom stereocenters. The van der Waals surface area contributed by atoms with Gasteiger partial charge in [0.1, 0.15) is 0 Å². The van der Waals surface area contributed by atoms with Crippen molar-refractivity contribution in [2.45, 2.75) is 21.4 Å². The molecule has 0 bridgehead atoms. The predicted octanol–water partition coefficient (Wildman–Crippen LogP) is 3.89. The van der Waals surface area contributed by atoms with Crippen molar-refractivity contribution >= 4 is 81.2 Å². The van der Waals surface area contributed by atoms with Crippen molar-refractivity contribution in [3.63, 3.8) is 0 Å². The van der Waals surface area contributed by atoms with Gasteiger partial charge in [0.15, 0.2) is 11.6 Å². The smallest absolute Gasteiger partial charge is 0.248 e. The Morgan fingerprint density at radius 3 is 0.786 bits per heavy atom. The lowest BCUT2D eigenvalue weighted by Crippen LogP contribution is -2.13. The number of carbonyl (C=O) groups excluding carboxylic acids is 2. The lowest BCUT2D eigenvalue weighted by atomic mass is 10.5. The number of hydrogen-bond acceptors (Lipinski definition) is 2. The maximum absolute atomic E-state index is 10.1. The van der Waals surface area contributed by atoms with Crippen molar-refractivity contribution in [1.29, 1.82) is 0 Å². The Hall–Kier alpha value is 1.08. The number of alkyl halides is 6. The van der Waals surface area contributed by atoms with Crippen molar-refractivity contribution in [2.24, 2.45) is 0 Å². The van der Waals surface area contributed by atoms with Gasteiger partial charge in [-0.05, 0) is 13.8 Å². The molecule has 0 rings (SSSR count). The molecule has 0 aromatic carbocycles. The van der Waals surface area contributed by atoms with E-state index >= 15 is 0 Å². The molecule has 0 radical (unpaired) electrons. The summed E-state index contributed by atoms with van der Waals surface area (Å²) in [5.41, 5.74) is 0. The van der Waals surface area contributed by atoms with Gasteiger partial charge in [0.25, 0.3) is 0 Å². The molecule has 0 aliphatic heterocycles. The Morgan fingerprint density at radius 1 is 0.714 bits per heavy atom. The molecular formula is C6H6Cl6O2. The van der Waals surface area contributed by atoms with Gasteiger partial charge in [-0.25, -0.2) is 0 Å². The van der Waals surface area contributed by atoms with E-state index in [9.17, 15) is 9.59 Å². The first-order valence-corrected chi connectivity index (χ1v) is 5.31. The minimum Gasteiger partial charge on any atom is -0.295 e. The summed E-state index contributed by atoms with van der Waals surface area (Å²) < 4.78 is -3.44. The molecule has 84 valence electrons. The van der Waals surface area contributed by atoms with Crippen LogP contribution in [0.15, 0.2) is 0 Å². The molecule has 0 saturated heterocycles. The summed E-state index contributed by atoms with van der Waals surface area (Å²) in [6.45, 7) is 2.43. The van der Waals surface area contributed by atoms with E-state index in [1.807, 2.05) is 0 Å². The summed E-state index contributed by atoms with van der Waals surface area (Å²) in [7, 11) is 0. The van der Waals surface area contributed by atoms with Gasteiger partial charge in [-0.1, -0.05) is 69.6 Å². The van der Waals surface area contributed by atoms with Crippen LogP contribution in [0.5, 0.6) is 0 Å². The Kier molecular flexibility index (Phi) is 8.26. The van der Waals surface area contributed by atoms with Crippen molar-refractivity contribution in [2.75, 3.05) is 0 Å². The summed E-state index contributed by atoms with van der Waals surface area (Å²) in [6, 6.07) is 0. The lowest BCUT2D eigenvalue weighted by molar-refractivity contribution is -0.117. The average molecular weight is 323 g/mol. The van der Waals surface area contributed by atoms with Gasteiger partial charge in [0.2, 0.25) is 7.59 Å². The highest BCUT2D eigenvalue weighted by molar-refractivity contribution is 6.76. The van der Waals surface area contributed by atoms with Crippen LogP contribution in [0.3, 0.4) is 0 Å². The van der Waals surface area contributed by atoms with Gasteiger partial charge in [0, 0.05) is 0 Å². The van der Waals surface area contributed by atoms with Crippen LogP contribution in [-0.2, 0) is 9.59 Å². The van der Waals surface area contributed by atoms with Crippen LogP contribution in [0.1, 0.15) is 13.8 Å². The van der Waals surface area contributed by atoms with Crippen molar-refractivity contribution < 1.29 is 9.59 Å². The molecule has 0 aliphatic rings. The highest BCUT2D eigenvalue weighted by Crippen LogP contribution is 2.26. The normalized spacial score (nSPS) is 11.4. The minimum absolute atomic E-state index is 0.461. The second-order valence-corrected chi connectivity index (χ2v) is 6.67. The van der Waals surface area contributed by atoms with E-state index in [0.717, 1.165) is 0 Å². The Balaban J connectivity index is 0. The molecule has 0 aromatic heterocycles. The zero-order valence-corrected chi connectivity index (χ0v) is 11.6. The van der Waals surface area contributed by atoms with E-state index < -0.39 is 19.2 Å². The molecule has 0 spiro atoms. The molecular weight excluding hydrogens is 317 g/mol. The fraction of sp³-hybridized carbons (Fsp3) is 0.667. The molecule has 0 saturated carbocycles. The molecule has 14 heavy (non-hydrogen) atoms. The van der Waals surface area contributed by atoms with Crippen molar-refractivity contribution in [3.8, 4) is 0 Å². The van der Waals surface area contributed by atoms with Crippen LogP contribution in [0.4, 0.5) is 0 Å². The number of rotatable bonds is 0. The van der Waals surface area contributed by atoms with E-state index in [1.165, 1.54) is 13.8 Å². The Morgan fingerprint density at radius 2 is 0.786 bits per heavy atom. The molecule has 0 unspecified atom stereocenters. The third-order valence-electron chi connectivity index (χ3n) is 0.798. The average Bonchev–Trinajstić information content (AvgIpc) is 1.83. The van der Waals surface area contributed by atoms with Gasteiger partial charge in [0.05, 0.1) is 0 Å². The highest BCUT2D eigenvalue weighted by Gasteiger charge is 2.25. The third kappa shape index (κ3) is 11.2. The summed E-state index contributed by atoms with van der Waals surface area (Å²) >= 11 is 30.3. The summed E-state index contributed by atoms with van der Waals surface area (Å²) in [5, 5.41) is 0. The number of carbonyl (C=O) groups is 2. The first kappa shape index (κ1) is 17.5. The van der Waals surface area contributed by atoms with E-state index in [0.29, 0.717) is 0 Å². The van der Waals surface area contributed by atoms with E-state index in [1.54, 1.807) is 0 Å². The van der Waals surface area contributed by atoms with Gasteiger partial charge >= 0.3 is 0 Å².